The van der Waals surface area contributed by atoms with E-state index in [0.717, 1.165) is 12.8 Å². The van der Waals surface area contributed by atoms with Crippen molar-refractivity contribution in [1.29, 1.82) is 0 Å². The predicted molar refractivity (Wildman–Crippen MR) is 83.0 cm³/mol. The van der Waals surface area contributed by atoms with Gasteiger partial charge >= 0.3 is 5.97 Å². The molecule has 0 bridgehead atoms. The maximum Gasteiger partial charge on any atom is 0.327 e. The first kappa shape index (κ1) is 16.4. The van der Waals surface area contributed by atoms with Crippen LogP contribution < -0.4 is 0 Å². The summed E-state index contributed by atoms with van der Waals surface area (Å²) in [5.41, 5.74) is 0.259. The highest BCUT2D eigenvalue weighted by atomic mass is 35.5. The second kappa shape index (κ2) is 6.85. The van der Waals surface area contributed by atoms with Gasteiger partial charge in [-0.15, -0.1) is 11.8 Å². The van der Waals surface area contributed by atoms with Gasteiger partial charge in [-0.1, -0.05) is 36.5 Å². The summed E-state index contributed by atoms with van der Waals surface area (Å²) in [5.74, 6) is -0.990. The molecule has 21 heavy (non-hydrogen) atoms. The van der Waals surface area contributed by atoms with Crippen molar-refractivity contribution in [2.24, 2.45) is 0 Å². The molecule has 0 saturated carbocycles. The molecule has 2 atom stereocenters. The number of hydrogen-bond donors (Lipinski definition) is 1. The summed E-state index contributed by atoms with van der Waals surface area (Å²) in [4.78, 5) is 29.2. The summed E-state index contributed by atoms with van der Waals surface area (Å²) in [6, 6.07) is 1.98. The first-order valence-electron chi connectivity index (χ1n) is 6.44. The van der Waals surface area contributed by atoms with E-state index in [1.807, 2.05) is 6.92 Å². The third-order valence-corrected chi connectivity index (χ3v) is 4.90. The first-order valence-corrected chi connectivity index (χ1v) is 8.24. The van der Waals surface area contributed by atoms with E-state index in [2.05, 4.69) is 4.98 Å². The summed E-state index contributed by atoms with van der Waals surface area (Å²) in [5, 5.41) is 9.37. The molecule has 1 aliphatic rings. The number of carboxylic acids is 1. The maximum absolute atomic E-state index is 12.7. The SMILES string of the molecule is CCCC1SCC(C(=O)O)N1C(=O)c1cc(Cl)nc(Cl)c1. The minimum Gasteiger partial charge on any atom is -0.480 e. The summed E-state index contributed by atoms with van der Waals surface area (Å²) in [6.07, 6.45) is 1.61. The van der Waals surface area contributed by atoms with E-state index in [1.54, 1.807) is 0 Å². The molecule has 1 amide bonds. The van der Waals surface area contributed by atoms with Crippen molar-refractivity contribution < 1.29 is 14.7 Å². The van der Waals surface area contributed by atoms with Gasteiger partial charge in [-0.3, -0.25) is 4.79 Å². The predicted octanol–water partition coefficient (Wildman–Crippen LogP) is 3.16. The van der Waals surface area contributed by atoms with E-state index < -0.39 is 12.0 Å². The van der Waals surface area contributed by atoms with Crippen LogP contribution in [0.2, 0.25) is 10.3 Å². The standard InChI is InChI=1S/C13H14Cl2N2O3S/c1-2-3-11-17(8(6-21-11)13(19)20)12(18)7-4-9(14)16-10(15)5-7/h4-5,8,11H,2-3,6H2,1H3,(H,19,20). The number of hydrogen-bond acceptors (Lipinski definition) is 4. The number of halogens is 2. The molecule has 1 saturated heterocycles. The number of thioether (sulfide) groups is 1. The Bertz CT molecular complexity index is 550. The molecule has 5 nitrogen and oxygen atoms in total. The Morgan fingerprint density at radius 2 is 2.05 bits per heavy atom. The van der Waals surface area contributed by atoms with Crippen LogP contribution in [0.5, 0.6) is 0 Å². The largest absolute Gasteiger partial charge is 0.480 e. The lowest BCUT2D eigenvalue weighted by atomic mass is 10.1. The third kappa shape index (κ3) is 3.62. The Balaban J connectivity index is 2.34. The van der Waals surface area contributed by atoms with E-state index in [0.29, 0.717) is 5.75 Å². The van der Waals surface area contributed by atoms with Gasteiger partial charge in [0.2, 0.25) is 0 Å². The van der Waals surface area contributed by atoms with Crippen LogP contribution >= 0.6 is 35.0 Å². The molecule has 1 aliphatic heterocycles. The van der Waals surface area contributed by atoms with Crippen LogP contribution in [-0.4, -0.2) is 44.0 Å². The van der Waals surface area contributed by atoms with Crippen molar-refractivity contribution in [3.63, 3.8) is 0 Å². The van der Waals surface area contributed by atoms with Gasteiger partial charge in [0, 0.05) is 11.3 Å². The van der Waals surface area contributed by atoms with Gasteiger partial charge < -0.3 is 10.0 Å². The molecule has 2 rings (SSSR count). The first-order chi connectivity index (χ1) is 9.93. The summed E-state index contributed by atoms with van der Waals surface area (Å²) < 4.78 is 0. The fourth-order valence-electron chi connectivity index (χ4n) is 2.23. The molecule has 1 fully saturated rings. The number of rotatable bonds is 4. The third-order valence-electron chi connectivity index (χ3n) is 3.16. The Morgan fingerprint density at radius 1 is 1.43 bits per heavy atom. The number of carboxylic acid groups (broad SMARTS) is 1. The highest BCUT2D eigenvalue weighted by molar-refractivity contribution is 8.00. The molecule has 1 aromatic rings. The molecule has 2 heterocycles. The molecular formula is C13H14Cl2N2O3S. The maximum atomic E-state index is 12.7. The van der Waals surface area contributed by atoms with Gasteiger partial charge in [0.25, 0.3) is 5.91 Å². The average molecular weight is 349 g/mol. The minimum atomic E-state index is -0.999. The fraction of sp³-hybridized carbons (Fsp3) is 0.462. The zero-order valence-electron chi connectivity index (χ0n) is 11.3. The molecule has 0 aliphatic carbocycles. The Hall–Kier alpha value is -0.980. The van der Waals surface area contributed by atoms with Crippen molar-refractivity contribution in [2.45, 2.75) is 31.2 Å². The summed E-state index contributed by atoms with van der Waals surface area (Å²) >= 11 is 13.1. The smallest absolute Gasteiger partial charge is 0.327 e. The Kier molecular flexibility index (Phi) is 5.35. The molecule has 8 heteroatoms. The van der Waals surface area contributed by atoms with Crippen LogP contribution in [0.1, 0.15) is 30.1 Å². The average Bonchev–Trinajstić information content (AvgIpc) is 2.81. The summed E-state index contributed by atoms with van der Waals surface area (Å²) in [7, 11) is 0. The van der Waals surface area contributed by atoms with Gasteiger partial charge in [-0.2, -0.15) is 0 Å². The number of amides is 1. The number of carbonyl (C=O) groups excluding carboxylic acids is 1. The zero-order valence-corrected chi connectivity index (χ0v) is 13.6. The molecule has 114 valence electrons. The lowest BCUT2D eigenvalue weighted by Gasteiger charge is -2.27. The van der Waals surface area contributed by atoms with Crippen molar-refractivity contribution in [3.05, 3.63) is 28.0 Å². The second-order valence-corrected chi connectivity index (χ2v) is 6.63. The van der Waals surface area contributed by atoms with Gasteiger partial charge in [0.1, 0.15) is 16.3 Å². The molecule has 2 unspecified atom stereocenters. The van der Waals surface area contributed by atoms with Crippen LogP contribution in [0.4, 0.5) is 0 Å². The van der Waals surface area contributed by atoms with Gasteiger partial charge in [-0.25, -0.2) is 9.78 Å². The normalized spacial score (nSPS) is 21.6. The summed E-state index contributed by atoms with van der Waals surface area (Å²) in [6.45, 7) is 2.00. The minimum absolute atomic E-state index is 0.108. The molecular weight excluding hydrogens is 335 g/mol. The Morgan fingerprint density at radius 3 is 2.57 bits per heavy atom. The molecule has 0 spiro atoms. The van der Waals surface area contributed by atoms with Crippen LogP contribution in [-0.2, 0) is 4.79 Å². The van der Waals surface area contributed by atoms with Crippen LogP contribution in [0, 0.1) is 0 Å². The number of aromatic nitrogens is 1. The Labute approximate surface area is 136 Å². The van der Waals surface area contributed by atoms with Gasteiger partial charge in [-0.05, 0) is 18.6 Å². The highest BCUT2D eigenvalue weighted by Crippen LogP contribution is 2.34. The number of nitrogens with zero attached hydrogens (tertiary/aromatic N) is 2. The van der Waals surface area contributed by atoms with Crippen molar-refractivity contribution in [2.75, 3.05) is 5.75 Å². The molecule has 0 radical (unpaired) electrons. The number of aliphatic carboxylic acids is 1. The van der Waals surface area contributed by atoms with E-state index in [1.165, 1.54) is 28.8 Å². The van der Waals surface area contributed by atoms with E-state index in [-0.39, 0.29) is 27.2 Å². The van der Waals surface area contributed by atoms with E-state index >= 15 is 0 Å². The van der Waals surface area contributed by atoms with Gasteiger partial charge in [0.15, 0.2) is 0 Å². The van der Waals surface area contributed by atoms with Crippen LogP contribution in [0.3, 0.4) is 0 Å². The van der Waals surface area contributed by atoms with Crippen molar-refractivity contribution >= 4 is 46.8 Å². The van der Waals surface area contributed by atoms with Crippen LogP contribution in [0.15, 0.2) is 12.1 Å². The zero-order chi connectivity index (χ0) is 15.6. The topological polar surface area (TPSA) is 70.5 Å². The number of carbonyl (C=O) groups is 2. The molecule has 1 N–H and O–H groups in total. The quantitative estimate of drug-likeness (QED) is 0.846. The van der Waals surface area contributed by atoms with Gasteiger partial charge in [0.05, 0.1) is 5.37 Å². The fourth-order valence-corrected chi connectivity index (χ4v) is 4.21. The number of pyridine rings is 1. The van der Waals surface area contributed by atoms with E-state index in [9.17, 15) is 14.7 Å². The van der Waals surface area contributed by atoms with E-state index in [4.69, 9.17) is 23.2 Å². The monoisotopic (exact) mass is 348 g/mol. The van der Waals surface area contributed by atoms with Crippen molar-refractivity contribution in [3.8, 4) is 0 Å². The molecule has 1 aromatic heterocycles. The lowest BCUT2D eigenvalue weighted by Crippen LogP contribution is -2.45. The highest BCUT2D eigenvalue weighted by Gasteiger charge is 2.41. The van der Waals surface area contributed by atoms with Crippen molar-refractivity contribution in [1.82, 2.24) is 9.88 Å². The second-order valence-electron chi connectivity index (χ2n) is 4.64. The lowest BCUT2D eigenvalue weighted by molar-refractivity contribution is -0.141. The molecule has 0 aromatic carbocycles. The van der Waals surface area contributed by atoms with Crippen LogP contribution in [0.25, 0.3) is 0 Å².